The van der Waals surface area contributed by atoms with Gasteiger partial charge in [-0.3, -0.25) is 0 Å². The van der Waals surface area contributed by atoms with E-state index in [9.17, 15) is 0 Å². The number of rotatable bonds is 13. The van der Waals surface area contributed by atoms with Crippen LogP contribution < -0.4 is 5.32 Å². The predicted molar refractivity (Wildman–Crippen MR) is 82.5 cm³/mol. The average molecular weight is 274 g/mol. The standard InChI is InChI=1S/C16H32ClN/c1-2-3-4-5-6-7-8-9-14-18-15-16(10-11-16)12-13-17/h18H,2-15H2,1H3. The summed E-state index contributed by atoms with van der Waals surface area (Å²) in [6.07, 6.45) is 15.3. The zero-order valence-corrected chi connectivity index (χ0v) is 13.0. The molecule has 0 aromatic rings. The topological polar surface area (TPSA) is 12.0 Å². The fraction of sp³-hybridized carbons (Fsp3) is 1.00. The Labute approximate surface area is 119 Å². The third-order valence-corrected chi connectivity index (χ3v) is 4.48. The molecule has 1 saturated carbocycles. The van der Waals surface area contributed by atoms with Gasteiger partial charge in [0.15, 0.2) is 0 Å². The molecule has 0 aromatic carbocycles. The van der Waals surface area contributed by atoms with E-state index in [0.717, 1.165) is 5.88 Å². The molecule has 1 fully saturated rings. The first kappa shape index (κ1) is 16.3. The molecule has 1 aliphatic rings. The van der Waals surface area contributed by atoms with Gasteiger partial charge in [-0.25, -0.2) is 0 Å². The number of hydrogen-bond donors (Lipinski definition) is 1. The van der Waals surface area contributed by atoms with Crippen LogP contribution in [0.5, 0.6) is 0 Å². The lowest BCUT2D eigenvalue weighted by molar-refractivity contribution is 0.439. The molecule has 0 spiro atoms. The molecule has 0 aromatic heterocycles. The van der Waals surface area contributed by atoms with Crippen LogP contribution in [0.25, 0.3) is 0 Å². The van der Waals surface area contributed by atoms with Crippen LogP contribution in [0.2, 0.25) is 0 Å². The molecular weight excluding hydrogens is 242 g/mol. The molecule has 0 bridgehead atoms. The van der Waals surface area contributed by atoms with E-state index in [1.165, 1.54) is 83.7 Å². The number of nitrogens with one attached hydrogen (secondary N) is 1. The van der Waals surface area contributed by atoms with Crippen molar-refractivity contribution in [3.63, 3.8) is 0 Å². The van der Waals surface area contributed by atoms with Crippen LogP contribution in [-0.4, -0.2) is 19.0 Å². The van der Waals surface area contributed by atoms with Crippen molar-refractivity contribution < 1.29 is 0 Å². The van der Waals surface area contributed by atoms with Crippen molar-refractivity contribution >= 4 is 11.6 Å². The van der Waals surface area contributed by atoms with Gasteiger partial charge in [-0.05, 0) is 37.6 Å². The van der Waals surface area contributed by atoms with Crippen LogP contribution >= 0.6 is 11.6 Å². The van der Waals surface area contributed by atoms with Crippen molar-refractivity contribution in [3.05, 3.63) is 0 Å². The van der Waals surface area contributed by atoms with Crippen LogP contribution in [-0.2, 0) is 0 Å². The van der Waals surface area contributed by atoms with Crippen LogP contribution in [0.4, 0.5) is 0 Å². The highest BCUT2D eigenvalue weighted by molar-refractivity contribution is 6.17. The molecule has 0 saturated heterocycles. The molecule has 108 valence electrons. The van der Waals surface area contributed by atoms with Gasteiger partial charge >= 0.3 is 0 Å². The van der Waals surface area contributed by atoms with Crippen LogP contribution in [0.1, 0.15) is 77.6 Å². The molecular formula is C16H32ClN. The van der Waals surface area contributed by atoms with E-state index in [0.29, 0.717) is 5.41 Å². The van der Waals surface area contributed by atoms with E-state index in [1.807, 2.05) is 0 Å². The lowest BCUT2D eigenvalue weighted by Crippen LogP contribution is -2.25. The summed E-state index contributed by atoms with van der Waals surface area (Å²) in [4.78, 5) is 0. The van der Waals surface area contributed by atoms with Crippen LogP contribution in [0.3, 0.4) is 0 Å². The Morgan fingerprint density at radius 3 is 2.11 bits per heavy atom. The van der Waals surface area contributed by atoms with Crippen LogP contribution in [0, 0.1) is 5.41 Å². The molecule has 1 N–H and O–H groups in total. The van der Waals surface area contributed by atoms with E-state index >= 15 is 0 Å². The smallest absolute Gasteiger partial charge is 0.0229 e. The Hall–Kier alpha value is 0.250. The van der Waals surface area contributed by atoms with Gasteiger partial charge in [0.2, 0.25) is 0 Å². The van der Waals surface area contributed by atoms with Crippen molar-refractivity contribution in [2.75, 3.05) is 19.0 Å². The molecule has 0 atom stereocenters. The first-order valence-electron chi connectivity index (χ1n) is 8.10. The summed E-state index contributed by atoms with van der Waals surface area (Å²) >= 11 is 5.83. The lowest BCUT2D eigenvalue weighted by atomic mass is 10.0. The number of alkyl halides is 1. The van der Waals surface area contributed by atoms with Gasteiger partial charge in [-0.2, -0.15) is 0 Å². The van der Waals surface area contributed by atoms with Gasteiger partial charge in [0, 0.05) is 12.4 Å². The number of unbranched alkanes of at least 4 members (excludes halogenated alkanes) is 7. The molecule has 1 nitrogen and oxygen atoms in total. The Kier molecular flexibility index (Phi) is 9.14. The van der Waals surface area contributed by atoms with E-state index in [1.54, 1.807) is 0 Å². The second kappa shape index (κ2) is 10.1. The Morgan fingerprint density at radius 1 is 0.944 bits per heavy atom. The van der Waals surface area contributed by atoms with Crippen molar-refractivity contribution in [2.24, 2.45) is 5.41 Å². The molecule has 1 aliphatic carbocycles. The fourth-order valence-electron chi connectivity index (χ4n) is 2.63. The minimum Gasteiger partial charge on any atom is -0.316 e. The average Bonchev–Trinajstić information content (AvgIpc) is 3.12. The van der Waals surface area contributed by atoms with Gasteiger partial charge in [-0.1, -0.05) is 51.9 Å². The van der Waals surface area contributed by atoms with Gasteiger partial charge in [0.25, 0.3) is 0 Å². The molecule has 0 heterocycles. The largest absolute Gasteiger partial charge is 0.316 e. The zero-order chi connectivity index (χ0) is 13.1. The maximum absolute atomic E-state index is 5.83. The molecule has 1 rings (SSSR count). The summed E-state index contributed by atoms with van der Waals surface area (Å²) in [5.74, 6) is 0.833. The SMILES string of the molecule is CCCCCCCCCCNCC1(CCCl)CC1. The third kappa shape index (κ3) is 7.63. The van der Waals surface area contributed by atoms with E-state index in [2.05, 4.69) is 12.2 Å². The molecule has 0 radical (unpaired) electrons. The predicted octanol–water partition coefficient (Wildman–Crippen LogP) is 5.13. The van der Waals surface area contributed by atoms with Crippen molar-refractivity contribution in [3.8, 4) is 0 Å². The van der Waals surface area contributed by atoms with Crippen molar-refractivity contribution in [1.82, 2.24) is 5.32 Å². The Bertz CT molecular complexity index is 190. The van der Waals surface area contributed by atoms with Crippen molar-refractivity contribution in [2.45, 2.75) is 77.6 Å². The minimum atomic E-state index is 0.599. The summed E-state index contributed by atoms with van der Waals surface area (Å²) < 4.78 is 0. The minimum absolute atomic E-state index is 0.599. The molecule has 2 heteroatoms. The molecule has 0 amide bonds. The van der Waals surface area contributed by atoms with Gasteiger partial charge in [0.1, 0.15) is 0 Å². The molecule has 0 aliphatic heterocycles. The van der Waals surface area contributed by atoms with E-state index in [4.69, 9.17) is 11.6 Å². The van der Waals surface area contributed by atoms with Crippen LogP contribution in [0.15, 0.2) is 0 Å². The normalized spacial score (nSPS) is 17.0. The highest BCUT2D eigenvalue weighted by Gasteiger charge is 2.40. The summed E-state index contributed by atoms with van der Waals surface area (Å²) in [5, 5.41) is 3.63. The first-order chi connectivity index (χ1) is 8.83. The monoisotopic (exact) mass is 273 g/mol. The number of hydrogen-bond acceptors (Lipinski definition) is 1. The first-order valence-corrected chi connectivity index (χ1v) is 8.63. The maximum Gasteiger partial charge on any atom is 0.0229 e. The highest BCUT2D eigenvalue weighted by Crippen LogP contribution is 2.48. The molecule has 0 unspecified atom stereocenters. The second-order valence-corrected chi connectivity index (χ2v) is 6.47. The highest BCUT2D eigenvalue weighted by atomic mass is 35.5. The van der Waals surface area contributed by atoms with Gasteiger partial charge in [0.05, 0.1) is 0 Å². The van der Waals surface area contributed by atoms with Crippen molar-refractivity contribution in [1.29, 1.82) is 0 Å². The quantitative estimate of drug-likeness (QED) is 0.362. The third-order valence-electron chi connectivity index (χ3n) is 4.29. The molecule has 18 heavy (non-hydrogen) atoms. The zero-order valence-electron chi connectivity index (χ0n) is 12.3. The summed E-state index contributed by atoms with van der Waals surface area (Å²) in [7, 11) is 0. The Balaban J connectivity index is 1.76. The van der Waals surface area contributed by atoms with E-state index in [-0.39, 0.29) is 0 Å². The van der Waals surface area contributed by atoms with Gasteiger partial charge < -0.3 is 5.32 Å². The lowest BCUT2D eigenvalue weighted by Gasteiger charge is -2.14. The summed E-state index contributed by atoms with van der Waals surface area (Å²) in [6, 6.07) is 0. The summed E-state index contributed by atoms with van der Waals surface area (Å²) in [6.45, 7) is 4.69. The maximum atomic E-state index is 5.83. The van der Waals surface area contributed by atoms with E-state index < -0.39 is 0 Å². The fourth-order valence-corrected chi connectivity index (χ4v) is 3.03. The number of halogens is 1. The van der Waals surface area contributed by atoms with Gasteiger partial charge in [-0.15, -0.1) is 11.6 Å². The second-order valence-electron chi connectivity index (χ2n) is 6.09. The Morgan fingerprint density at radius 2 is 1.56 bits per heavy atom. The summed E-state index contributed by atoms with van der Waals surface area (Å²) in [5.41, 5.74) is 0.599.